The molecule has 2 aromatic heterocycles. The number of fused-ring (bicyclic) bond motifs is 1. The molecule has 0 bridgehead atoms. The fourth-order valence-electron chi connectivity index (χ4n) is 5.49. The number of hydrogen-bond acceptors (Lipinski definition) is 6. The minimum atomic E-state index is -1.31. The van der Waals surface area contributed by atoms with Crippen molar-refractivity contribution in [2.24, 2.45) is 0 Å². The molecule has 42 heavy (non-hydrogen) atoms. The van der Waals surface area contributed by atoms with Crippen LogP contribution in [0.5, 0.6) is 0 Å². The summed E-state index contributed by atoms with van der Waals surface area (Å²) in [5, 5.41) is 8.68. The molecule has 0 aliphatic carbocycles. The van der Waals surface area contributed by atoms with Crippen molar-refractivity contribution in [2.75, 3.05) is 48.6 Å². The third-order valence-corrected chi connectivity index (χ3v) is 8.29. The molecular weight excluding hydrogens is 570 g/mol. The average Bonchev–Trinajstić information content (AvgIpc) is 3.41. The van der Waals surface area contributed by atoms with Gasteiger partial charge in [-0.3, -0.25) is 4.79 Å². The molecule has 1 amide bonds. The predicted octanol–water partition coefficient (Wildman–Crippen LogP) is 5.17. The van der Waals surface area contributed by atoms with Crippen LogP contribution in [0.3, 0.4) is 0 Å². The van der Waals surface area contributed by atoms with Crippen LogP contribution in [0, 0.1) is 13.8 Å². The number of piperidine rings is 1. The zero-order valence-corrected chi connectivity index (χ0v) is 25.9. The van der Waals surface area contributed by atoms with Gasteiger partial charge in [-0.05, 0) is 51.3 Å². The van der Waals surface area contributed by atoms with Crippen molar-refractivity contribution in [3.63, 3.8) is 0 Å². The molecule has 0 spiro atoms. The van der Waals surface area contributed by atoms with Crippen LogP contribution in [0.25, 0.3) is 5.65 Å². The number of rotatable bonds is 5. The SMILES string of the molecule is Cc1ccccc1.Cc1cn2nc(C3CCCCN3C(=O)c3cc(Cl)ccc3NS(C)=O)cc2nc1N1CCNCC1. The van der Waals surface area contributed by atoms with Gasteiger partial charge in [0.25, 0.3) is 5.91 Å². The Bertz CT molecular complexity index is 1560. The summed E-state index contributed by atoms with van der Waals surface area (Å²) in [6, 6.07) is 17.1. The van der Waals surface area contributed by atoms with E-state index in [0.717, 1.165) is 68.2 Å². The molecule has 2 aliphatic rings. The summed E-state index contributed by atoms with van der Waals surface area (Å²) in [6.07, 6.45) is 6.31. The molecule has 2 atom stereocenters. The Morgan fingerprint density at radius 3 is 2.50 bits per heavy atom. The highest BCUT2D eigenvalue weighted by Gasteiger charge is 2.32. The number of piperazine rings is 1. The standard InChI is InChI=1S/C24H30ClN7O2S.C7H8/c1-16-15-32-22(27-23(16)30-11-8-26-9-12-30)14-20(28-32)21-5-3-4-10-31(21)24(33)18-13-17(25)6-7-19(18)29-35(2)34;1-7-5-3-2-4-6-7/h6-7,13-15,21,26,29H,3-5,8-12H2,1-2H3;2-6H,1H3. The number of nitrogens with zero attached hydrogens (tertiary/aromatic N) is 5. The third-order valence-electron chi connectivity index (χ3n) is 7.55. The molecule has 2 aliphatic heterocycles. The molecule has 2 fully saturated rings. The van der Waals surface area contributed by atoms with Gasteiger partial charge in [0.2, 0.25) is 0 Å². The molecule has 0 radical (unpaired) electrons. The maximum Gasteiger partial charge on any atom is 0.256 e. The number of amides is 1. The van der Waals surface area contributed by atoms with E-state index in [2.05, 4.69) is 40.9 Å². The highest BCUT2D eigenvalue weighted by molar-refractivity contribution is 7.85. The summed E-state index contributed by atoms with van der Waals surface area (Å²) < 4.78 is 16.5. The van der Waals surface area contributed by atoms with Crippen molar-refractivity contribution in [1.82, 2.24) is 24.8 Å². The second-order valence-electron chi connectivity index (χ2n) is 10.8. The van der Waals surface area contributed by atoms with E-state index in [-0.39, 0.29) is 11.9 Å². The van der Waals surface area contributed by atoms with E-state index in [0.29, 0.717) is 22.8 Å². The average molecular weight is 608 g/mol. The molecule has 9 nitrogen and oxygen atoms in total. The number of likely N-dealkylation sites (tertiary alicyclic amines) is 1. The quantitative estimate of drug-likeness (QED) is 0.325. The number of aromatic nitrogens is 3. The highest BCUT2D eigenvalue weighted by atomic mass is 35.5. The van der Waals surface area contributed by atoms with Crippen molar-refractivity contribution in [3.8, 4) is 0 Å². The van der Waals surface area contributed by atoms with Crippen LogP contribution in [-0.2, 0) is 11.0 Å². The second kappa shape index (κ2) is 13.7. The highest BCUT2D eigenvalue weighted by Crippen LogP contribution is 2.34. The Balaban J connectivity index is 0.000000442. The minimum absolute atomic E-state index is 0.146. The largest absolute Gasteiger partial charge is 0.354 e. The van der Waals surface area contributed by atoms with Gasteiger partial charge in [-0.1, -0.05) is 47.5 Å². The summed E-state index contributed by atoms with van der Waals surface area (Å²) >= 11 is 6.23. The number of aryl methyl sites for hydroxylation is 2. The molecule has 4 aromatic rings. The Labute approximate surface area is 254 Å². The van der Waals surface area contributed by atoms with Gasteiger partial charge in [0.1, 0.15) is 16.8 Å². The van der Waals surface area contributed by atoms with E-state index < -0.39 is 11.0 Å². The van der Waals surface area contributed by atoms with Gasteiger partial charge in [-0.25, -0.2) is 13.7 Å². The number of benzene rings is 2. The van der Waals surface area contributed by atoms with Crippen LogP contribution in [-0.4, -0.2) is 68.6 Å². The Morgan fingerprint density at radius 1 is 1.05 bits per heavy atom. The lowest BCUT2D eigenvalue weighted by molar-refractivity contribution is 0.0607. The molecule has 11 heteroatoms. The monoisotopic (exact) mass is 607 g/mol. The summed E-state index contributed by atoms with van der Waals surface area (Å²) in [4.78, 5) is 22.8. The van der Waals surface area contributed by atoms with Gasteiger partial charge in [0.15, 0.2) is 5.65 Å². The fourth-order valence-corrected chi connectivity index (χ4v) is 6.15. The number of nitrogens with one attached hydrogen (secondary N) is 2. The first-order chi connectivity index (χ1) is 20.3. The topological polar surface area (TPSA) is 94.9 Å². The number of carbonyl (C=O) groups is 1. The molecule has 0 saturated carbocycles. The maximum absolute atomic E-state index is 13.7. The minimum Gasteiger partial charge on any atom is -0.354 e. The van der Waals surface area contributed by atoms with Gasteiger partial charge in [0, 0.05) is 61.8 Å². The lowest BCUT2D eigenvalue weighted by Crippen LogP contribution is -2.44. The van der Waals surface area contributed by atoms with Crippen molar-refractivity contribution in [1.29, 1.82) is 0 Å². The fraction of sp³-hybridized carbons (Fsp3) is 0.387. The molecule has 6 rings (SSSR count). The van der Waals surface area contributed by atoms with Gasteiger partial charge in [-0.15, -0.1) is 0 Å². The molecule has 2 saturated heterocycles. The lowest BCUT2D eigenvalue weighted by Gasteiger charge is -2.35. The first-order valence-electron chi connectivity index (χ1n) is 14.3. The molecule has 2 unspecified atom stereocenters. The smallest absolute Gasteiger partial charge is 0.256 e. The van der Waals surface area contributed by atoms with E-state index >= 15 is 0 Å². The van der Waals surface area contributed by atoms with E-state index in [1.54, 1.807) is 18.2 Å². The van der Waals surface area contributed by atoms with Crippen LogP contribution >= 0.6 is 11.6 Å². The molecule has 4 heterocycles. The van der Waals surface area contributed by atoms with Crippen molar-refractivity contribution in [2.45, 2.75) is 39.2 Å². The van der Waals surface area contributed by atoms with Gasteiger partial charge < -0.3 is 19.8 Å². The van der Waals surface area contributed by atoms with Gasteiger partial charge in [-0.2, -0.15) is 5.10 Å². The van der Waals surface area contributed by atoms with E-state index in [1.807, 2.05) is 39.9 Å². The molecular formula is C31H38ClN7O2S. The van der Waals surface area contributed by atoms with E-state index in [9.17, 15) is 9.00 Å². The first kappa shape index (κ1) is 30.0. The van der Waals surface area contributed by atoms with Crippen LogP contribution in [0.2, 0.25) is 5.02 Å². The van der Waals surface area contributed by atoms with Crippen LogP contribution < -0.4 is 14.9 Å². The Hall–Kier alpha value is -3.47. The Morgan fingerprint density at radius 2 is 1.81 bits per heavy atom. The third kappa shape index (κ3) is 7.11. The van der Waals surface area contributed by atoms with Crippen LogP contribution in [0.1, 0.15) is 52.5 Å². The summed E-state index contributed by atoms with van der Waals surface area (Å²) in [7, 11) is -1.31. The van der Waals surface area contributed by atoms with E-state index in [1.165, 1.54) is 11.8 Å². The zero-order valence-electron chi connectivity index (χ0n) is 24.3. The lowest BCUT2D eigenvalue weighted by atomic mass is 9.98. The molecule has 2 N–H and O–H groups in total. The normalized spacial score (nSPS) is 17.9. The number of halogens is 1. The van der Waals surface area contributed by atoms with Gasteiger partial charge in [0.05, 0.1) is 23.0 Å². The predicted molar refractivity (Wildman–Crippen MR) is 171 cm³/mol. The van der Waals surface area contributed by atoms with E-state index in [4.69, 9.17) is 21.7 Å². The van der Waals surface area contributed by atoms with Gasteiger partial charge >= 0.3 is 0 Å². The van der Waals surface area contributed by atoms with Crippen molar-refractivity contribution < 1.29 is 9.00 Å². The molecule has 222 valence electrons. The number of hydrogen-bond donors (Lipinski definition) is 2. The zero-order chi connectivity index (χ0) is 29.6. The van der Waals surface area contributed by atoms with Crippen molar-refractivity contribution >= 4 is 45.6 Å². The number of carbonyl (C=O) groups excluding carboxylic acids is 1. The summed E-state index contributed by atoms with van der Waals surface area (Å²) in [5.41, 5.74) is 4.94. The summed E-state index contributed by atoms with van der Waals surface area (Å²) in [5.74, 6) is 0.845. The second-order valence-corrected chi connectivity index (χ2v) is 12.3. The maximum atomic E-state index is 13.7. The van der Waals surface area contributed by atoms with Crippen molar-refractivity contribution in [3.05, 3.63) is 88.2 Å². The number of anilines is 2. The summed E-state index contributed by atoms with van der Waals surface area (Å²) in [6.45, 7) is 8.51. The Kier molecular flexibility index (Phi) is 9.76. The molecule has 2 aromatic carbocycles. The van der Waals surface area contributed by atoms with Crippen LogP contribution in [0.15, 0.2) is 60.8 Å². The van der Waals surface area contributed by atoms with Crippen LogP contribution in [0.4, 0.5) is 11.5 Å². The first-order valence-corrected chi connectivity index (χ1v) is 16.3.